The van der Waals surface area contributed by atoms with Crippen molar-refractivity contribution in [3.63, 3.8) is 0 Å². The number of hydrogen-bond donors (Lipinski definition) is 2. The van der Waals surface area contributed by atoms with Gasteiger partial charge in [-0.15, -0.1) is 22.5 Å². The van der Waals surface area contributed by atoms with Crippen LogP contribution in [-0.2, 0) is 35.4 Å². The van der Waals surface area contributed by atoms with Gasteiger partial charge in [-0.25, -0.2) is 0 Å². The van der Waals surface area contributed by atoms with Crippen molar-refractivity contribution in [1.82, 2.24) is 25.4 Å². The van der Waals surface area contributed by atoms with Gasteiger partial charge < -0.3 is 24.4 Å². The van der Waals surface area contributed by atoms with Gasteiger partial charge >= 0.3 is 0 Å². The van der Waals surface area contributed by atoms with E-state index in [0.717, 1.165) is 23.3 Å². The Morgan fingerprint density at radius 1 is 1.02 bits per heavy atom. The van der Waals surface area contributed by atoms with Crippen LogP contribution >= 0.6 is 0 Å². The van der Waals surface area contributed by atoms with Crippen LogP contribution in [0.5, 0.6) is 5.75 Å². The molecule has 0 spiro atoms. The Kier molecular flexibility index (Phi) is 10.6. The minimum Gasteiger partial charge on any atom is -0.494 e. The lowest BCUT2D eigenvalue weighted by Gasteiger charge is -2.17. The van der Waals surface area contributed by atoms with Gasteiger partial charge in [-0.3, -0.25) is 9.59 Å². The summed E-state index contributed by atoms with van der Waals surface area (Å²) >= 11 is 0. The lowest BCUT2D eigenvalue weighted by Crippen LogP contribution is -2.27. The van der Waals surface area contributed by atoms with Crippen LogP contribution in [0.25, 0.3) is 10.9 Å². The smallest absolute Gasteiger partial charge is 0.223 e. The number of carbonyl (C=O) groups is 2. The van der Waals surface area contributed by atoms with E-state index in [1.165, 1.54) is 10.9 Å². The molecule has 0 radical (unpaired) electrons. The Hall–Kier alpha value is -4.98. The molecule has 0 saturated carbocycles. The number of hydrogen-bond acceptors (Lipinski definition) is 8. The molecule has 0 atom stereocenters. The topological polar surface area (TPSA) is 138 Å². The largest absolute Gasteiger partial charge is 0.494 e. The maximum absolute atomic E-state index is 12.7. The van der Waals surface area contributed by atoms with E-state index in [4.69, 9.17) is 15.6 Å². The molecule has 4 aromatic rings. The summed E-state index contributed by atoms with van der Waals surface area (Å²) in [5, 5.41) is 20.5. The number of nitrogens with one attached hydrogen (secondary N) is 2. The number of aryl methyl sites for hydroxylation is 3. The molecule has 0 aliphatic carbocycles. The summed E-state index contributed by atoms with van der Waals surface area (Å²) in [7, 11) is 1.78. The van der Waals surface area contributed by atoms with Crippen molar-refractivity contribution >= 4 is 22.7 Å². The molecule has 3 heterocycles. The van der Waals surface area contributed by atoms with E-state index in [-0.39, 0.29) is 18.2 Å². The Bertz CT molecular complexity index is 1640. The molecule has 0 fully saturated rings. The second-order valence-electron chi connectivity index (χ2n) is 11.3. The molecule has 0 bridgehead atoms. The van der Waals surface area contributed by atoms with Gasteiger partial charge in [0.25, 0.3) is 0 Å². The molecule has 2 aromatic heterocycles. The number of terminal acetylenes is 1. The normalized spacial score (nSPS) is 13.0. The van der Waals surface area contributed by atoms with E-state index < -0.39 is 5.66 Å². The summed E-state index contributed by atoms with van der Waals surface area (Å²) < 4.78 is 11.6. The van der Waals surface area contributed by atoms with Gasteiger partial charge in [0.05, 0.1) is 6.61 Å². The predicted octanol–water partition coefficient (Wildman–Crippen LogP) is 5.17. The fraction of sp³-hybridized carbons (Fsp3) is 0.412. The van der Waals surface area contributed by atoms with Gasteiger partial charge in [0.1, 0.15) is 5.75 Å². The van der Waals surface area contributed by atoms with E-state index in [0.29, 0.717) is 76.4 Å². The minimum absolute atomic E-state index is 0.000395. The van der Waals surface area contributed by atoms with E-state index in [1.807, 2.05) is 42.6 Å². The highest BCUT2D eigenvalue weighted by Gasteiger charge is 2.39. The summed E-state index contributed by atoms with van der Waals surface area (Å²) in [5.74, 6) is 4.36. The van der Waals surface area contributed by atoms with Crippen LogP contribution in [0, 0.1) is 12.3 Å². The van der Waals surface area contributed by atoms with Crippen LogP contribution in [0.2, 0.25) is 0 Å². The van der Waals surface area contributed by atoms with E-state index in [2.05, 4.69) is 48.8 Å². The Labute approximate surface area is 262 Å². The van der Waals surface area contributed by atoms with Crippen molar-refractivity contribution in [1.29, 1.82) is 0 Å². The van der Waals surface area contributed by atoms with E-state index in [1.54, 1.807) is 11.9 Å². The first-order valence-corrected chi connectivity index (χ1v) is 15.4. The fourth-order valence-corrected chi connectivity index (χ4v) is 5.09. The molecule has 0 unspecified atom stereocenters. The summed E-state index contributed by atoms with van der Waals surface area (Å²) in [6.45, 7) is 1.50. The molecule has 45 heavy (non-hydrogen) atoms. The molecule has 11 nitrogen and oxygen atoms in total. The van der Waals surface area contributed by atoms with Crippen LogP contribution in [0.3, 0.4) is 0 Å². The van der Waals surface area contributed by atoms with Crippen LogP contribution in [0.15, 0.2) is 69.4 Å². The molecule has 1 aliphatic heterocycles. The molecule has 1 aliphatic rings. The second kappa shape index (κ2) is 15.1. The molecule has 2 amide bonds. The number of benzene rings is 2. The fourth-order valence-electron chi connectivity index (χ4n) is 5.09. The van der Waals surface area contributed by atoms with Crippen molar-refractivity contribution in [3.05, 3.63) is 77.6 Å². The molecular formula is C34H39N7O4. The molecule has 2 aromatic carbocycles. The predicted molar refractivity (Wildman–Crippen MR) is 169 cm³/mol. The highest BCUT2D eigenvalue weighted by Crippen LogP contribution is 2.37. The van der Waals surface area contributed by atoms with Crippen molar-refractivity contribution < 1.29 is 18.7 Å². The first-order valence-electron chi connectivity index (χ1n) is 15.4. The van der Waals surface area contributed by atoms with Crippen LogP contribution < -0.4 is 10.1 Å². The van der Waals surface area contributed by atoms with Crippen molar-refractivity contribution in [3.8, 4) is 18.1 Å². The Balaban J connectivity index is 0.942. The van der Waals surface area contributed by atoms with Crippen LogP contribution in [-0.4, -0.2) is 57.8 Å². The molecule has 234 valence electrons. The number of para-hydroxylation sites is 1. The third-order valence-electron chi connectivity index (χ3n) is 7.83. The van der Waals surface area contributed by atoms with E-state index in [9.17, 15) is 9.59 Å². The maximum atomic E-state index is 12.7. The summed E-state index contributed by atoms with van der Waals surface area (Å²) in [5.41, 5.74) is 2.89. The molecule has 11 heteroatoms. The second-order valence-corrected chi connectivity index (χ2v) is 11.3. The Morgan fingerprint density at radius 2 is 1.80 bits per heavy atom. The highest BCUT2D eigenvalue weighted by atomic mass is 16.5. The number of ether oxygens (including phenoxy) is 1. The number of H-pyrrole nitrogens is 1. The van der Waals surface area contributed by atoms with Crippen molar-refractivity contribution in [2.75, 3.05) is 20.2 Å². The standard InChI is InChI=1S/C34H39N7O4/c1-3-4-19-34(39-40-34)20-18-30(42)35-21-7-22-44-27-13-10-25(11-14-27)24-41(2)33(43)17-16-32-38-37-31(45-32)15-12-26-23-36-29-9-6-5-8-28(26)29/h1,5-6,8-11,13-14,23,36H,4,7,12,15-22,24H2,2H3,(H,35,42). The number of rotatable bonds is 18. The summed E-state index contributed by atoms with van der Waals surface area (Å²) in [6.07, 6.45) is 12.4. The number of fused-ring (bicyclic) bond motifs is 1. The van der Waals surface area contributed by atoms with Gasteiger partial charge in [0, 0.05) is 82.2 Å². The summed E-state index contributed by atoms with van der Waals surface area (Å²) in [6, 6.07) is 15.9. The first kappa shape index (κ1) is 31.4. The van der Waals surface area contributed by atoms with Gasteiger partial charge in [0.2, 0.25) is 23.6 Å². The quantitative estimate of drug-likeness (QED) is 0.118. The van der Waals surface area contributed by atoms with Gasteiger partial charge in [-0.05, 0) is 42.2 Å². The van der Waals surface area contributed by atoms with Gasteiger partial charge in [-0.1, -0.05) is 30.3 Å². The zero-order chi connectivity index (χ0) is 31.5. The first-order chi connectivity index (χ1) is 21.9. The van der Waals surface area contributed by atoms with Gasteiger partial charge in [0.15, 0.2) is 5.66 Å². The van der Waals surface area contributed by atoms with Gasteiger partial charge in [-0.2, -0.15) is 10.2 Å². The number of amides is 2. The molecule has 2 N–H and O–H groups in total. The molecule has 5 rings (SSSR count). The van der Waals surface area contributed by atoms with E-state index >= 15 is 0 Å². The third kappa shape index (κ3) is 9.25. The number of aromatic nitrogens is 3. The average molecular weight is 610 g/mol. The number of aromatic amines is 1. The number of carbonyl (C=O) groups excluding carboxylic acids is 2. The monoisotopic (exact) mass is 609 g/mol. The third-order valence-corrected chi connectivity index (χ3v) is 7.83. The minimum atomic E-state index is -0.430. The summed E-state index contributed by atoms with van der Waals surface area (Å²) in [4.78, 5) is 29.8. The lowest BCUT2D eigenvalue weighted by molar-refractivity contribution is -0.130. The zero-order valence-electron chi connectivity index (χ0n) is 25.6. The van der Waals surface area contributed by atoms with Crippen LogP contribution in [0.1, 0.15) is 61.4 Å². The molecular weight excluding hydrogens is 570 g/mol. The van der Waals surface area contributed by atoms with Crippen molar-refractivity contribution in [2.24, 2.45) is 10.2 Å². The SMILES string of the molecule is C#CCCC1(CCC(=O)NCCCOc2ccc(CN(C)C(=O)CCc3nnc(CCc4c[nH]c5ccccc45)o3)cc2)N=N1. The van der Waals surface area contributed by atoms with Crippen molar-refractivity contribution in [2.45, 2.75) is 70.0 Å². The maximum Gasteiger partial charge on any atom is 0.223 e. The average Bonchev–Trinajstić information content (AvgIpc) is 3.47. The highest BCUT2D eigenvalue weighted by molar-refractivity contribution is 5.83. The lowest BCUT2D eigenvalue weighted by atomic mass is 10.0. The van der Waals surface area contributed by atoms with Crippen LogP contribution in [0.4, 0.5) is 0 Å². The Morgan fingerprint density at radius 3 is 2.58 bits per heavy atom. The zero-order valence-corrected chi connectivity index (χ0v) is 25.6. The molecule has 0 saturated heterocycles. The number of nitrogens with zero attached hydrogens (tertiary/aromatic N) is 5.